The lowest BCUT2D eigenvalue weighted by molar-refractivity contribution is -0.384. The largest absolute Gasteiger partial charge is 0.501 e. The summed E-state index contributed by atoms with van der Waals surface area (Å²) < 4.78 is 61.6. The molecule has 0 radical (unpaired) electrons. The van der Waals surface area contributed by atoms with Crippen LogP contribution in [-0.4, -0.2) is 35.9 Å². The summed E-state index contributed by atoms with van der Waals surface area (Å²) >= 11 is 1.19. The van der Waals surface area contributed by atoms with Crippen LogP contribution in [0, 0.1) is 10.1 Å². The Labute approximate surface area is 164 Å². The molecule has 0 amide bonds. The van der Waals surface area contributed by atoms with Crippen LogP contribution in [0.5, 0.6) is 0 Å². The molecular formula is C15H11F3N4O5S2. The predicted molar refractivity (Wildman–Crippen MR) is 98.7 cm³/mol. The number of anilines is 1. The van der Waals surface area contributed by atoms with Crippen LogP contribution in [0.3, 0.4) is 0 Å². The Morgan fingerprint density at radius 1 is 1.31 bits per heavy atom. The number of sulfone groups is 1. The minimum Gasteiger partial charge on any atom is -0.362 e. The summed E-state index contributed by atoms with van der Waals surface area (Å²) in [5.74, 6) is 0.171. The van der Waals surface area contributed by atoms with Crippen molar-refractivity contribution in [1.82, 2.24) is 9.97 Å². The van der Waals surface area contributed by atoms with Crippen molar-refractivity contribution in [2.45, 2.75) is 16.9 Å². The monoisotopic (exact) mass is 448 g/mol. The smallest absolute Gasteiger partial charge is 0.362 e. The van der Waals surface area contributed by atoms with Gasteiger partial charge in [0, 0.05) is 13.1 Å². The zero-order valence-corrected chi connectivity index (χ0v) is 16.1. The van der Waals surface area contributed by atoms with Crippen LogP contribution in [0.2, 0.25) is 0 Å². The maximum atomic E-state index is 12.7. The molecule has 0 atom stereocenters. The van der Waals surface area contributed by atoms with E-state index >= 15 is 0 Å². The fourth-order valence-corrected chi connectivity index (χ4v) is 4.09. The molecule has 9 nitrogen and oxygen atoms in total. The first kappa shape index (κ1) is 20.7. The lowest BCUT2D eigenvalue weighted by Gasteiger charge is -2.19. The first-order valence-corrected chi connectivity index (χ1v) is 10.1. The van der Waals surface area contributed by atoms with Crippen LogP contribution >= 0.6 is 11.3 Å². The zero-order valence-electron chi connectivity index (χ0n) is 14.4. The SMILES string of the molecule is CN(Cc1nc2ccsc2c(=O)[nH]1)c1ccc(S(=O)(=O)C(F)(F)F)cc1[N+](=O)[O-]. The number of aromatic nitrogens is 2. The minimum absolute atomic E-state index is 0.118. The quantitative estimate of drug-likeness (QED) is 0.470. The van der Waals surface area contributed by atoms with Gasteiger partial charge < -0.3 is 9.88 Å². The average Bonchev–Trinajstić information content (AvgIpc) is 3.09. The molecule has 1 N–H and O–H groups in total. The zero-order chi connectivity index (χ0) is 21.6. The highest BCUT2D eigenvalue weighted by Gasteiger charge is 2.47. The van der Waals surface area contributed by atoms with Gasteiger partial charge in [0.1, 0.15) is 16.2 Å². The standard InChI is InChI=1S/C15H11F3N4O5S2/c1-21(7-12-19-9-4-5-28-13(9)14(23)20-12)10-3-2-8(6-11(10)22(24)25)29(26,27)15(16,17)18/h2-6H,7H2,1H3,(H,19,20,23). The number of nitro benzene ring substituents is 1. The number of rotatable bonds is 5. The molecule has 1 aromatic carbocycles. The number of nitrogens with one attached hydrogen (secondary N) is 1. The van der Waals surface area contributed by atoms with Crippen LogP contribution in [-0.2, 0) is 16.4 Å². The number of alkyl halides is 3. The van der Waals surface area contributed by atoms with Gasteiger partial charge in [0.05, 0.1) is 21.9 Å². The molecule has 0 bridgehead atoms. The van der Waals surface area contributed by atoms with Crippen molar-refractivity contribution in [2.24, 2.45) is 0 Å². The number of benzene rings is 1. The molecule has 2 aromatic heterocycles. The number of aromatic amines is 1. The van der Waals surface area contributed by atoms with E-state index in [4.69, 9.17) is 0 Å². The Hall–Kier alpha value is -3.00. The van der Waals surface area contributed by atoms with E-state index in [0.717, 1.165) is 6.07 Å². The van der Waals surface area contributed by atoms with E-state index in [2.05, 4.69) is 9.97 Å². The Bertz CT molecular complexity index is 1270. The number of nitrogens with zero attached hydrogens (tertiary/aromatic N) is 3. The number of hydrogen-bond donors (Lipinski definition) is 1. The van der Waals surface area contributed by atoms with Gasteiger partial charge in [-0.25, -0.2) is 13.4 Å². The maximum absolute atomic E-state index is 12.7. The van der Waals surface area contributed by atoms with Crippen LogP contribution in [0.4, 0.5) is 24.5 Å². The molecule has 3 aromatic rings. The molecule has 0 aliphatic heterocycles. The molecular weight excluding hydrogens is 437 g/mol. The van der Waals surface area contributed by atoms with Crippen molar-refractivity contribution in [1.29, 1.82) is 0 Å². The average molecular weight is 448 g/mol. The summed E-state index contributed by atoms with van der Waals surface area (Å²) in [5.41, 5.74) is -6.54. The second-order valence-electron chi connectivity index (χ2n) is 5.86. The van der Waals surface area contributed by atoms with Crippen molar-refractivity contribution in [2.75, 3.05) is 11.9 Å². The van der Waals surface area contributed by atoms with Crippen LogP contribution in [0.1, 0.15) is 5.82 Å². The summed E-state index contributed by atoms with van der Waals surface area (Å²) in [7, 11) is -4.35. The predicted octanol–water partition coefficient (Wildman–Crippen LogP) is 2.82. The molecule has 0 saturated carbocycles. The molecule has 0 saturated heterocycles. The molecule has 0 aliphatic carbocycles. The van der Waals surface area contributed by atoms with Crippen LogP contribution in [0.25, 0.3) is 10.2 Å². The van der Waals surface area contributed by atoms with Gasteiger partial charge in [0.25, 0.3) is 21.1 Å². The normalized spacial score (nSPS) is 12.3. The lowest BCUT2D eigenvalue weighted by atomic mass is 10.2. The molecule has 29 heavy (non-hydrogen) atoms. The van der Waals surface area contributed by atoms with Gasteiger partial charge in [-0.3, -0.25) is 14.9 Å². The number of hydrogen-bond acceptors (Lipinski definition) is 8. The summed E-state index contributed by atoms with van der Waals surface area (Å²) in [6, 6.07) is 3.52. The van der Waals surface area contributed by atoms with Gasteiger partial charge in [-0.1, -0.05) is 0 Å². The molecule has 0 unspecified atom stereocenters. The molecule has 3 rings (SSSR count). The third-order valence-electron chi connectivity index (χ3n) is 3.92. The number of halogens is 3. The van der Waals surface area contributed by atoms with Gasteiger partial charge in [-0.05, 0) is 23.6 Å². The Morgan fingerprint density at radius 2 is 2.00 bits per heavy atom. The molecule has 0 spiro atoms. The number of fused-ring (bicyclic) bond motifs is 1. The summed E-state index contributed by atoms with van der Waals surface area (Å²) in [6.45, 7) is -0.118. The Balaban J connectivity index is 2.00. The van der Waals surface area contributed by atoms with E-state index < -0.39 is 36.4 Å². The fourth-order valence-electron chi connectivity index (χ4n) is 2.58. The first-order chi connectivity index (χ1) is 13.4. The van der Waals surface area contributed by atoms with Crippen molar-refractivity contribution in [3.8, 4) is 0 Å². The molecule has 0 fully saturated rings. The molecule has 2 heterocycles. The van der Waals surface area contributed by atoms with Crippen molar-refractivity contribution < 1.29 is 26.5 Å². The third-order valence-corrected chi connectivity index (χ3v) is 6.31. The molecule has 154 valence electrons. The lowest BCUT2D eigenvalue weighted by Crippen LogP contribution is -2.24. The fraction of sp³-hybridized carbons (Fsp3) is 0.200. The van der Waals surface area contributed by atoms with Crippen LogP contribution < -0.4 is 10.5 Å². The Morgan fingerprint density at radius 3 is 2.62 bits per heavy atom. The second kappa shape index (κ2) is 7.11. The topological polar surface area (TPSA) is 126 Å². The van der Waals surface area contributed by atoms with Crippen molar-refractivity contribution in [3.05, 3.63) is 55.9 Å². The summed E-state index contributed by atoms with van der Waals surface area (Å²) in [5, 5.41) is 13.0. The van der Waals surface area contributed by atoms with E-state index in [1.807, 2.05) is 0 Å². The summed E-state index contributed by atoms with van der Waals surface area (Å²) in [4.78, 5) is 29.1. The van der Waals surface area contributed by atoms with Crippen molar-refractivity contribution in [3.63, 3.8) is 0 Å². The minimum atomic E-state index is -5.74. The van der Waals surface area contributed by atoms with E-state index in [1.165, 1.54) is 23.3 Å². The third kappa shape index (κ3) is 3.80. The van der Waals surface area contributed by atoms with Gasteiger partial charge in [0.2, 0.25) is 0 Å². The number of H-pyrrole nitrogens is 1. The van der Waals surface area contributed by atoms with Gasteiger partial charge in [-0.15, -0.1) is 11.3 Å². The highest BCUT2D eigenvalue weighted by atomic mass is 32.2. The highest BCUT2D eigenvalue weighted by molar-refractivity contribution is 7.92. The Kier molecular flexibility index (Phi) is 5.08. The molecule has 14 heteroatoms. The van der Waals surface area contributed by atoms with E-state index in [-0.39, 0.29) is 18.1 Å². The van der Waals surface area contributed by atoms with Crippen molar-refractivity contribution >= 4 is 42.8 Å². The maximum Gasteiger partial charge on any atom is 0.501 e. The first-order valence-electron chi connectivity index (χ1n) is 7.69. The van der Waals surface area contributed by atoms with Gasteiger partial charge >= 0.3 is 5.51 Å². The number of thiophene rings is 1. The van der Waals surface area contributed by atoms with Gasteiger partial charge in [-0.2, -0.15) is 13.2 Å². The van der Waals surface area contributed by atoms with E-state index in [9.17, 15) is 36.5 Å². The molecule has 0 aliphatic rings. The second-order valence-corrected chi connectivity index (χ2v) is 8.72. The van der Waals surface area contributed by atoms with Crippen LogP contribution in [0.15, 0.2) is 39.3 Å². The summed E-state index contributed by atoms with van der Waals surface area (Å²) in [6.07, 6.45) is 0. The van der Waals surface area contributed by atoms with Gasteiger partial charge in [0.15, 0.2) is 0 Å². The van der Waals surface area contributed by atoms with E-state index in [0.29, 0.717) is 22.3 Å². The number of nitro groups is 1. The van der Waals surface area contributed by atoms with E-state index in [1.54, 1.807) is 11.4 Å². The highest BCUT2D eigenvalue weighted by Crippen LogP contribution is 2.36.